The van der Waals surface area contributed by atoms with Crippen molar-refractivity contribution < 1.29 is 9.90 Å². The average Bonchev–Trinajstić information content (AvgIpc) is 2.99. The number of carbonyl (C=O) groups is 1. The van der Waals surface area contributed by atoms with Gasteiger partial charge in [-0.15, -0.1) is 0 Å². The monoisotopic (exact) mass is 496 g/mol. The first-order valence-corrected chi connectivity index (χ1v) is 13.9. The number of ketones is 1. The van der Waals surface area contributed by atoms with Gasteiger partial charge in [0.2, 0.25) is 5.78 Å². The third-order valence-corrected chi connectivity index (χ3v) is 10.5. The molecule has 5 aromatic carbocycles. The topological polar surface area (TPSA) is 40.1 Å². The van der Waals surface area contributed by atoms with Crippen molar-refractivity contribution in [2.45, 2.75) is 0 Å². The van der Waals surface area contributed by atoms with E-state index < -0.39 is 7.26 Å². The van der Waals surface area contributed by atoms with Crippen LogP contribution in [0.25, 0.3) is 5.76 Å². The largest absolute Gasteiger partial charge is 0.866 e. The van der Waals surface area contributed by atoms with Crippen LogP contribution in [0.5, 0.6) is 0 Å². The van der Waals surface area contributed by atoms with Crippen LogP contribution < -0.4 is 21.0 Å². The van der Waals surface area contributed by atoms with Gasteiger partial charge in [0, 0.05) is 5.56 Å². The lowest BCUT2D eigenvalue weighted by atomic mass is 10.1. The summed E-state index contributed by atoms with van der Waals surface area (Å²) < 4.78 is 0. The summed E-state index contributed by atoms with van der Waals surface area (Å²) in [6.45, 7) is 0. The minimum Gasteiger partial charge on any atom is -0.866 e. The molecule has 0 fully saturated rings. The number of benzene rings is 5. The van der Waals surface area contributed by atoms with Crippen molar-refractivity contribution in [3.8, 4) is 0 Å². The van der Waals surface area contributed by atoms with Crippen LogP contribution in [0.15, 0.2) is 163 Å². The number of Topliss-reactive ketones (excluding diaryl/α,β-unsaturated/α-hetero) is 1. The average molecular weight is 497 g/mol. The molecule has 0 bridgehead atoms. The first-order valence-electron chi connectivity index (χ1n) is 12.1. The van der Waals surface area contributed by atoms with Crippen LogP contribution in [0.1, 0.15) is 15.9 Å². The maximum Gasteiger partial charge on any atom is 0.236 e. The van der Waals surface area contributed by atoms with E-state index in [1.54, 1.807) is 24.3 Å². The van der Waals surface area contributed by atoms with Crippen molar-refractivity contribution in [1.82, 2.24) is 0 Å². The number of carbonyl (C=O) groups excluding carboxylic acids is 1. The van der Waals surface area contributed by atoms with E-state index >= 15 is 0 Å². The predicted molar refractivity (Wildman–Crippen MR) is 153 cm³/mol. The highest BCUT2D eigenvalue weighted by Crippen LogP contribution is 2.63. The summed E-state index contributed by atoms with van der Waals surface area (Å²) in [5, 5.41) is 17.0. The third-order valence-electron chi connectivity index (χ3n) is 6.28. The molecule has 0 aliphatic rings. The van der Waals surface area contributed by atoms with Crippen molar-refractivity contribution in [3.63, 3.8) is 0 Å². The quantitative estimate of drug-likeness (QED) is 0.0947. The smallest absolute Gasteiger partial charge is 0.236 e. The highest BCUT2D eigenvalue weighted by atomic mass is 31.2. The second-order valence-corrected chi connectivity index (χ2v) is 11.9. The van der Waals surface area contributed by atoms with Gasteiger partial charge in [0.25, 0.3) is 0 Å². The van der Waals surface area contributed by atoms with E-state index in [9.17, 15) is 9.90 Å². The van der Waals surface area contributed by atoms with Gasteiger partial charge in [0.05, 0.1) is 0 Å². The molecule has 0 unspecified atom stereocenters. The lowest BCUT2D eigenvalue weighted by molar-refractivity contribution is -0.243. The molecule has 0 aliphatic heterocycles. The minimum atomic E-state index is -2.82. The number of allylic oxidation sites excluding steroid dienone is 1. The van der Waals surface area contributed by atoms with E-state index in [-0.39, 0.29) is 11.5 Å². The van der Waals surface area contributed by atoms with Crippen molar-refractivity contribution in [1.29, 1.82) is 0 Å². The molecular weight excluding hydrogens is 471 g/mol. The number of hydrogen-bond acceptors (Lipinski definition) is 2. The van der Waals surface area contributed by atoms with Crippen molar-refractivity contribution in [2.24, 2.45) is 0 Å². The summed E-state index contributed by atoms with van der Waals surface area (Å²) in [5.74, 6) is -0.512. The lowest BCUT2D eigenvalue weighted by Gasteiger charge is -2.28. The van der Waals surface area contributed by atoms with Crippen LogP contribution in [0.4, 0.5) is 0 Å². The van der Waals surface area contributed by atoms with Gasteiger partial charge in [-0.2, -0.15) is 0 Å². The van der Waals surface area contributed by atoms with Crippen LogP contribution in [-0.4, -0.2) is 5.78 Å². The fourth-order valence-corrected chi connectivity index (χ4v) is 8.81. The number of hydrogen-bond donors (Lipinski definition) is 0. The van der Waals surface area contributed by atoms with Crippen molar-refractivity contribution in [3.05, 3.63) is 174 Å². The molecule has 37 heavy (non-hydrogen) atoms. The van der Waals surface area contributed by atoms with E-state index in [2.05, 4.69) is 42.1 Å². The van der Waals surface area contributed by atoms with E-state index in [4.69, 9.17) is 0 Å². The maximum atomic E-state index is 14.5. The summed E-state index contributed by atoms with van der Waals surface area (Å²) in [7, 11) is -2.82. The number of rotatable bonds is 7. The summed E-state index contributed by atoms with van der Waals surface area (Å²) in [6, 6.07) is 48.3. The molecule has 0 N–H and O–H groups in total. The second kappa shape index (κ2) is 11.1. The summed E-state index contributed by atoms with van der Waals surface area (Å²) in [4.78, 5) is 14.5. The van der Waals surface area contributed by atoms with Gasteiger partial charge in [0.1, 0.15) is 15.9 Å². The molecule has 2 nitrogen and oxygen atoms in total. The first kappa shape index (κ1) is 24.2. The zero-order valence-electron chi connectivity index (χ0n) is 20.2. The molecule has 0 aromatic heterocycles. The molecule has 178 valence electrons. The van der Waals surface area contributed by atoms with E-state index in [1.807, 2.05) is 91.0 Å². The van der Waals surface area contributed by atoms with Gasteiger partial charge >= 0.3 is 0 Å². The summed E-state index contributed by atoms with van der Waals surface area (Å²) in [6.07, 6.45) is 0. The van der Waals surface area contributed by atoms with E-state index in [0.717, 1.165) is 15.9 Å². The van der Waals surface area contributed by atoms with Crippen LogP contribution in [0, 0.1) is 0 Å². The molecule has 5 aromatic rings. The van der Waals surface area contributed by atoms with Gasteiger partial charge in [-0.1, -0.05) is 127 Å². The minimum absolute atomic E-state index is 0.199. The molecule has 0 radical (unpaired) electrons. The van der Waals surface area contributed by atoms with Crippen molar-refractivity contribution >= 4 is 34.7 Å². The Bertz CT molecular complexity index is 1440. The second-order valence-electron chi connectivity index (χ2n) is 8.54. The Morgan fingerprint density at radius 3 is 1.19 bits per heavy atom. The molecule has 3 heteroatoms. The Labute approximate surface area is 218 Å². The van der Waals surface area contributed by atoms with Gasteiger partial charge in [-0.05, 0) is 42.0 Å². The van der Waals surface area contributed by atoms with Crippen LogP contribution in [0.2, 0.25) is 0 Å². The SMILES string of the molecule is O=C(C(=C=C([O-])c1ccccc1)[P+](c1ccccc1)(c1ccccc1)c1ccccc1)c1ccccc1. The van der Waals surface area contributed by atoms with Gasteiger partial charge in [-0.25, -0.2) is 0 Å². The Morgan fingerprint density at radius 1 is 0.486 bits per heavy atom. The van der Waals surface area contributed by atoms with Crippen LogP contribution in [-0.2, 0) is 0 Å². The molecule has 0 heterocycles. The molecule has 0 atom stereocenters. The molecule has 0 amide bonds. The van der Waals surface area contributed by atoms with Crippen LogP contribution in [0.3, 0.4) is 0 Å². The predicted octanol–water partition coefficient (Wildman–Crippen LogP) is 5.75. The fourth-order valence-electron chi connectivity index (χ4n) is 4.58. The Kier molecular flexibility index (Phi) is 7.24. The van der Waals surface area contributed by atoms with Gasteiger partial charge in [0.15, 0.2) is 12.6 Å². The summed E-state index contributed by atoms with van der Waals surface area (Å²) >= 11 is 0. The zero-order valence-corrected chi connectivity index (χ0v) is 21.1. The lowest BCUT2D eigenvalue weighted by Crippen LogP contribution is -2.34. The van der Waals surface area contributed by atoms with Gasteiger partial charge in [-0.3, -0.25) is 4.79 Å². The highest BCUT2D eigenvalue weighted by molar-refractivity contribution is 7.99. The molecular formula is C34H25O2P. The van der Waals surface area contributed by atoms with Gasteiger partial charge < -0.3 is 5.11 Å². The molecule has 0 saturated heterocycles. The molecule has 5 rings (SSSR count). The highest BCUT2D eigenvalue weighted by Gasteiger charge is 2.52. The summed E-state index contributed by atoms with van der Waals surface area (Å²) in [5.41, 5.74) is 4.17. The zero-order chi connectivity index (χ0) is 25.5. The Morgan fingerprint density at radius 2 is 0.811 bits per heavy atom. The molecule has 0 spiro atoms. The Balaban J connectivity index is 1.96. The van der Waals surface area contributed by atoms with E-state index in [1.165, 1.54) is 0 Å². The normalized spacial score (nSPS) is 10.8. The van der Waals surface area contributed by atoms with E-state index in [0.29, 0.717) is 16.4 Å². The standard InChI is InChI=1S/C34H25O2P/c35-32(27-16-6-1-7-17-27)26-33(34(36)28-18-8-2-9-19-28)37(29-20-10-3-11-21-29,30-22-12-4-13-23-30)31-24-14-5-15-25-31/h1-25H. The first-order chi connectivity index (χ1) is 18.2. The van der Waals surface area contributed by atoms with Crippen molar-refractivity contribution in [2.75, 3.05) is 0 Å². The molecule has 0 aliphatic carbocycles. The third kappa shape index (κ3) is 4.82. The van der Waals surface area contributed by atoms with Crippen LogP contribution >= 0.6 is 7.26 Å². The fraction of sp³-hybridized carbons (Fsp3) is 0. The molecule has 0 saturated carbocycles. The maximum absolute atomic E-state index is 14.5. The Hall–Kier alpha value is -4.48.